The zero-order valence-electron chi connectivity index (χ0n) is 9.12. The van der Waals surface area contributed by atoms with E-state index in [4.69, 9.17) is 5.73 Å². The van der Waals surface area contributed by atoms with E-state index in [1.807, 2.05) is 0 Å². The lowest BCUT2D eigenvalue weighted by Gasteiger charge is -2.13. The monoisotopic (exact) mass is 224 g/mol. The number of hydrogen-bond donors (Lipinski definition) is 3. The molecule has 1 aliphatic carbocycles. The van der Waals surface area contributed by atoms with E-state index in [0.29, 0.717) is 11.6 Å². The van der Waals surface area contributed by atoms with Gasteiger partial charge in [-0.25, -0.2) is 4.39 Å². The Balaban J connectivity index is 1.92. The topological polar surface area (TPSA) is 58.3 Å². The zero-order valence-corrected chi connectivity index (χ0v) is 9.12. The molecule has 0 heterocycles. The molecule has 1 fully saturated rings. The number of para-hydroxylation sites is 1. The third kappa shape index (κ3) is 2.44. The van der Waals surface area contributed by atoms with Crippen LogP contribution < -0.4 is 11.1 Å². The average Bonchev–Trinajstić information content (AvgIpc) is 2.67. The molecule has 4 heteroatoms. The van der Waals surface area contributed by atoms with Crippen molar-refractivity contribution in [1.82, 2.24) is 0 Å². The predicted octanol–water partition coefficient (Wildman–Crippen LogP) is 1.98. The van der Waals surface area contributed by atoms with E-state index in [0.717, 1.165) is 25.8 Å². The minimum atomic E-state index is -0.392. The van der Waals surface area contributed by atoms with Crippen LogP contribution in [0.1, 0.15) is 19.3 Å². The van der Waals surface area contributed by atoms with Crippen molar-refractivity contribution in [3.05, 3.63) is 24.0 Å². The third-order valence-electron chi connectivity index (χ3n) is 3.15. The van der Waals surface area contributed by atoms with Gasteiger partial charge in [0, 0.05) is 6.54 Å². The van der Waals surface area contributed by atoms with E-state index in [2.05, 4.69) is 5.32 Å². The first-order valence-corrected chi connectivity index (χ1v) is 5.62. The molecule has 16 heavy (non-hydrogen) atoms. The fourth-order valence-electron chi connectivity index (χ4n) is 2.18. The van der Waals surface area contributed by atoms with Crippen molar-refractivity contribution in [2.75, 3.05) is 17.6 Å². The molecular weight excluding hydrogens is 207 g/mol. The lowest BCUT2D eigenvalue weighted by atomic mass is 10.1. The molecule has 0 amide bonds. The van der Waals surface area contributed by atoms with Gasteiger partial charge in [-0.2, -0.15) is 0 Å². The molecule has 1 saturated carbocycles. The van der Waals surface area contributed by atoms with Gasteiger partial charge in [0.25, 0.3) is 0 Å². The van der Waals surface area contributed by atoms with Crippen molar-refractivity contribution in [3.8, 4) is 0 Å². The van der Waals surface area contributed by atoms with Gasteiger partial charge in [0.2, 0.25) is 0 Å². The van der Waals surface area contributed by atoms with Crippen LogP contribution in [0.4, 0.5) is 15.8 Å². The van der Waals surface area contributed by atoms with E-state index in [1.54, 1.807) is 12.1 Å². The maximum Gasteiger partial charge on any atom is 0.148 e. The summed E-state index contributed by atoms with van der Waals surface area (Å²) in [6.07, 6.45) is 2.54. The second-order valence-electron chi connectivity index (χ2n) is 4.41. The molecule has 0 aromatic heterocycles. The standard InChI is InChI=1S/C12H17FN2O/c13-10-2-1-3-11(12(10)14)15-7-8-4-5-9(16)6-8/h1-3,8-9,15-16H,4-7,14H2. The summed E-state index contributed by atoms with van der Waals surface area (Å²) in [6, 6.07) is 4.75. The number of rotatable bonds is 3. The highest BCUT2D eigenvalue weighted by Gasteiger charge is 2.22. The lowest BCUT2D eigenvalue weighted by Crippen LogP contribution is -2.13. The van der Waals surface area contributed by atoms with Gasteiger partial charge in [-0.1, -0.05) is 6.07 Å². The van der Waals surface area contributed by atoms with Crippen LogP contribution in [0.5, 0.6) is 0 Å². The number of nitrogens with two attached hydrogens (primary N) is 1. The van der Waals surface area contributed by atoms with Crippen molar-refractivity contribution in [1.29, 1.82) is 0 Å². The van der Waals surface area contributed by atoms with E-state index >= 15 is 0 Å². The maximum atomic E-state index is 13.1. The minimum Gasteiger partial charge on any atom is -0.395 e. The van der Waals surface area contributed by atoms with Crippen LogP contribution in [0, 0.1) is 11.7 Å². The van der Waals surface area contributed by atoms with Crippen molar-refractivity contribution >= 4 is 11.4 Å². The Morgan fingerprint density at radius 3 is 2.94 bits per heavy atom. The summed E-state index contributed by atoms with van der Waals surface area (Å²) < 4.78 is 13.1. The van der Waals surface area contributed by atoms with Crippen LogP contribution in [0.3, 0.4) is 0 Å². The summed E-state index contributed by atoms with van der Waals surface area (Å²) in [5.74, 6) is 0.0640. The molecule has 3 nitrogen and oxygen atoms in total. The van der Waals surface area contributed by atoms with Gasteiger partial charge in [0.05, 0.1) is 17.5 Å². The second-order valence-corrected chi connectivity index (χ2v) is 4.41. The quantitative estimate of drug-likeness (QED) is 0.688. The summed E-state index contributed by atoms with van der Waals surface area (Å²) in [5.41, 5.74) is 6.42. The van der Waals surface area contributed by atoms with Gasteiger partial charge >= 0.3 is 0 Å². The fourth-order valence-corrected chi connectivity index (χ4v) is 2.18. The summed E-state index contributed by atoms with van der Waals surface area (Å²) in [4.78, 5) is 0. The minimum absolute atomic E-state index is 0.168. The maximum absolute atomic E-state index is 13.1. The molecule has 88 valence electrons. The normalized spacial score (nSPS) is 24.6. The summed E-state index contributed by atoms with van der Waals surface area (Å²) in [6.45, 7) is 0.741. The molecule has 4 N–H and O–H groups in total. The first-order valence-electron chi connectivity index (χ1n) is 5.62. The molecule has 0 spiro atoms. The SMILES string of the molecule is Nc1c(F)cccc1NCC1CCC(O)C1. The van der Waals surface area contributed by atoms with Crippen LogP contribution in [0.15, 0.2) is 18.2 Å². The largest absolute Gasteiger partial charge is 0.395 e. The number of benzene rings is 1. The number of hydrogen-bond acceptors (Lipinski definition) is 3. The van der Waals surface area contributed by atoms with Crippen LogP contribution in [0.2, 0.25) is 0 Å². The van der Waals surface area contributed by atoms with Crippen LogP contribution in [-0.2, 0) is 0 Å². The lowest BCUT2D eigenvalue weighted by molar-refractivity contribution is 0.178. The molecular formula is C12H17FN2O. The van der Waals surface area contributed by atoms with Gasteiger partial charge < -0.3 is 16.2 Å². The fraction of sp³-hybridized carbons (Fsp3) is 0.500. The molecule has 1 aromatic carbocycles. The predicted molar refractivity (Wildman–Crippen MR) is 62.6 cm³/mol. The van der Waals surface area contributed by atoms with E-state index in [9.17, 15) is 9.50 Å². The van der Waals surface area contributed by atoms with E-state index in [-0.39, 0.29) is 11.8 Å². The Bertz CT molecular complexity index is 370. The van der Waals surface area contributed by atoms with Crippen LogP contribution >= 0.6 is 0 Å². The van der Waals surface area contributed by atoms with Crippen molar-refractivity contribution in [2.24, 2.45) is 5.92 Å². The zero-order chi connectivity index (χ0) is 11.5. The van der Waals surface area contributed by atoms with Gasteiger partial charge in [-0.3, -0.25) is 0 Å². The van der Waals surface area contributed by atoms with E-state index in [1.165, 1.54) is 6.07 Å². The number of anilines is 2. The van der Waals surface area contributed by atoms with Crippen LogP contribution in [0.25, 0.3) is 0 Å². The highest BCUT2D eigenvalue weighted by molar-refractivity contribution is 5.66. The third-order valence-corrected chi connectivity index (χ3v) is 3.15. The molecule has 1 aromatic rings. The molecule has 2 rings (SSSR count). The van der Waals surface area contributed by atoms with Gasteiger partial charge in [-0.05, 0) is 37.3 Å². The number of nitrogen functional groups attached to an aromatic ring is 1. The first kappa shape index (κ1) is 11.2. The Morgan fingerprint density at radius 2 is 2.25 bits per heavy atom. The van der Waals surface area contributed by atoms with Gasteiger partial charge in [-0.15, -0.1) is 0 Å². The first-order chi connectivity index (χ1) is 7.66. The Hall–Kier alpha value is -1.29. The molecule has 0 aliphatic heterocycles. The molecule has 2 atom stereocenters. The summed E-state index contributed by atoms with van der Waals surface area (Å²) in [5, 5.41) is 12.5. The molecule has 0 bridgehead atoms. The van der Waals surface area contributed by atoms with Gasteiger partial charge in [0.15, 0.2) is 0 Å². The van der Waals surface area contributed by atoms with Gasteiger partial charge in [0.1, 0.15) is 5.82 Å². The smallest absolute Gasteiger partial charge is 0.148 e. The Kier molecular flexibility index (Phi) is 3.29. The number of aliphatic hydroxyl groups excluding tert-OH is 1. The Labute approximate surface area is 94.5 Å². The van der Waals surface area contributed by atoms with Crippen molar-refractivity contribution in [3.63, 3.8) is 0 Å². The highest BCUT2D eigenvalue weighted by atomic mass is 19.1. The summed E-state index contributed by atoms with van der Waals surface area (Å²) in [7, 11) is 0. The average molecular weight is 224 g/mol. The number of nitrogens with one attached hydrogen (secondary N) is 1. The molecule has 0 radical (unpaired) electrons. The van der Waals surface area contributed by atoms with Crippen LogP contribution in [-0.4, -0.2) is 17.8 Å². The van der Waals surface area contributed by atoms with E-state index < -0.39 is 5.82 Å². The van der Waals surface area contributed by atoms with Crippen molar-refractivity contribution < 1.29 is 9.50 Å². The molecule has 1 aliphatic rings. The second kappa shape index (κ2) is 4.70. The highest BCUT2D eigenvalue weighted by Crippen LogP contribution is 2.27. The number of halogens is 1. The Morgan fingerprint density at radius 1 is 1.44 bits per heavy atom. The summed E-state index contributed by atoms with van der Waals surface area (Å²) >= 11 is 0. The van der Waals surface area contributed by atoms with Crippen molar-refractivity contribution in [2.45, 2.75) is 25.4 Å². The molecule has 0 saturated heterocycles. The number of aliphatic hydroxyl groups is 1. The molecule has 2 unspecified atom stereocenters.